The number of hydrogen-bond donors (Lipinski definition) is 1. The van der Waals surface area contributed by atoms with E-state index in [0.717, 1.165) is 6.54 Å². The lowest BCUT2D eigenvalue weighted by Crippen LogP contribution is -2.55. The highest BCUT2D eigenvalue weighted by Crippen LogP contribution is 2.48. The molecule has 1 N–H and O–H groups in total. The highest BCUT2D eigenvalue weighted by atomic mass is 32.2. The van der Waals surface area contributed by atoms with E-state index in [2.05, 4.69) is 72.4 Å². The molecule has 1 saturated heterocycles. The lowest BCUT2D eigenvalue weighted by molar-refractivity contribution is 0.112. The average molecular weight is 305 g/mol. The molecule has 2 atom stereocenters. The molecule has 0 radical (unpaired) electrons. The molecule has 0 amide bonds. The number of nitrogens with zero attached hydrogens (tertiary/aromatic N) is 1. The van der Waals surface area contributed by atoms with Gasteiger partial charge in [-0.05, 0) is 30.6 Å². The van der Waals surface area contributed by atoms with Crippen LogP contribution in [0.15, 0.2) is 30.3 Å². The minimum absolute atomic E-state index is 0.533. The largest absolute Gasteiger partial charge is 0.311 e. The third-order valence-corrected chi connectivity index (χ3v) is 6.57. The summed E-state index contributed by atoms with van der Waals surface area (Å²) in [6, 6.07) is 12.2. The molecule has 0 aromatic heterocycles. The van der Waals surface area contributed by atoms with Gasteiger partial charge in [0.25, 0.3) is 0 Å². The van der Waals surface area contributed by atoms with E-state index in [4.69, 9.17) is 0 Å². The fraction of sp³-hybridized carbons (Fsp3) is 0.667. The summed E-state index contributed by atoms with van der Waals surface area (Å²) in [6.07, 6.45) is 5.07. The lowest BCUT2D eigenvalue weighted by atomic mass is 9.95. The van der Waals surface area contributed by atoms with Crippen LogP contribution in [0.2, 0.25) is 0 Å². The Balaban J connectivity index is 1.77. The van der Waals surface area contributed by atoms with Crippen molar-refractivity contribution < 1.29 is 0 Å². The Morgan fingerprint density at radius 1 is 1.29 bits per heavy atom. The van der Waals surface area contributed by atoms with Crippen LogP contribution in [0, 0.1) is 5.92 Å². The Morgan fingerprint density at radius 3 is 2.57 bits per heavy atom. The van der Waals surface area contributed by atoms with Crippen LogP contribution in [0.3, 0.4) is 0 Å². The van der Waals surface area contributed by atoms with Gasteiger partial charge in [0.05, 0.1) is 0 Å². The second kappa shape index (κ2) is 6.31. The summed E-state index contributed by atoms with van der Waals surface area (Å²) in [5, 5.41) is 3.77. The fourth-order valence-electron chi connectivity index (χ4n) is 3.40. The molecule has 3 heteroatoms. The van der Waals surface area contributed by atoms with Gasteiger partial charge in [-0.25, -0.2) is 0 Å². The maximum Gasteiger partial charge on any atom is 0.0474 e. The first-order valence-electron chi connectivity index (χ1n) is 8.21. The summed E-state index contributed by atoms with van der Waals surface area (Å²) < 4.78 is 0.548. The molecule has 1 aromatic rings. The Labute approximate surface area is 133 Å². The van der Waals surface area contributed by atoms with Crippen LogP contribution in [-0.2, 0) is 0 Å². The minimum atomic E-state index is 0.533. The van der Waals surface area contributed by atoms with Crippen LogP contribution in [0.5, 0.6) is 0 Å². The van der Waals surface area contributed by atoms with Crippen molar-refractivity contribution in [2.45, 2.75) is 43.5 Å². The standard InChI is InChI=1S/C18H28N2S/c1-14(2)16-12-20(13-18(21-3)9-10-18)17(11-19-16)15-7-5-4-6-8-15/h4-8,14,16-17,19H,9-13H2,1-3H3. The second-order valence-corrected chi connectivity index (χ2v) is 8.28. The van der Waals surface area contributed by atoms with Crippen LogP contribution in [0.4, 0.5) is 0 Å². The third-order valence-electron chi connectivity index (χ3n) is 5.17. The first-order valence-corrected chi connectivity index (χ1v) is 9.43. The highest BCUT2D eigenvalue weighted by Gasteiger charge is 2.45. The van der Waals surface area contributed by atoms with Crippen molar-refractivity contribution >= 4 is 11.8 Å². The SMILES string of the molecule is CSC1(CN2CC(C(C)C)NCC2c2ccccc2)CC1. The van der Waals surface area contributed by atoms with Gasteiger partial charge in [-0.1, -0.05) is 44.2 Å². The van der Waals surface area contributed by atoms with Crippen molar-refractivity contribution in [3.8, 4) is 0 Å². The fourth-order valence-corrected chi connectivity index (χ4v) is 4.20. The van der Waals surface area contributed by atoms with E-state index in [1.165, 1.54) is 31.5 Å². The number of benzene rings is 1. The predicted molar refractivity (Wildman–Crippen MR) is 92.9 cm³/mol. The van der Waals surface area contributed by atoms with E-state index in [-0.39, 0.29) is 0 Å². The molecule has 21 heavy (non-hydrogen) atoms. The number of thioether (sulfide) groups is 1. The van der Waals surface area contributed by atoms with Crippen LogP contribution in [0.1, 0.15) is 38.3 Å². The van der Waals surface area contributed by atoms with Crippen LogP contribution < -0.4 is 5.32 Å². The quantitative estimate of drug-likeness (QED) is 0.895. The van der Waals surface area contributed by atoms with Crippen molar-refractivity contribution in [3.63, 3.8) is 0 Å². The molecule has 1 aliphatic carbocycles. The van der Waals surface area contributed by atoms with E-state index < -0.39 is 0 Å². The Bertz CT molecular complexity index is 456. The Hall–Kier alpha value is -0.510. The molecule has 0 bridgehead atoms. The molecular formula is C18H28N2S. The number of piperazine rings is 1. The molecule has 116 valence electrons. The molecular weight excluding hydrogens is 276 g/mol. The van der Waals surface area contributed by atoms with Gasteiger partial charge in [-0.3, -0.25) is 4.90 Å². The maximum absolute atomic E-state index is 3.77. The van der Waals surface area contributed by atoms with E-state index in [1.807, 2.05) is 0 Å². The zero-order valence-electron chi connectivity index (χ0n) is 13.5. The van der Waals surface area contributed by atoms with Crippen LogP contribution in [-0.4, -0.2) is 41.6 Å². The van der Waals surface area contributed by atoms with Gasteiger partial charge in [0.2, 0.25) is 0 Å². The van der Waals surface area contributed by atoms with Gasteiger partial charge < -0.3 is 5.32 Å². The Kier molecular flexibility index (Phi) is 4.63. The summed E-state index contributed by atoms with van der Waals surface area (Å²) in [7, 11) is 0. The van der Waals surface area contributed by atoms with Crippen molar-refractivity contribution in [3.05, 3.63) is 35.9 Å². The first-order chi connectivity index (χ1) is 10.1. The van der Waals surface area contributed by atoms with Gasteiger partial charge in [-0.15, -0.1) is 0 Å². The topological polar surface area (TPSA) is 15.3 Å². The van der Waals surface area contributed by atoms with Crippen molar-refractivity contribution in [1.82, 2.24) is 10.2 Å². The highest BCUT2D eigenvalue weighted by molar-refractivity contribution is 8.00. The molecule has 2 aliphatic rings. The summed E-state index contributed by atoms with van der Waals surface area (Å²) in [4.78, 5) is 2.75. The van der Waals surface area contributed by atoms with E-state index in [0.29, 0.717) is 22.7 Å². The Morgan fingerprint density at radius 2 is 2.00 bits per heavy atom. The second-order valence-electron chi connectivity index (χ2n) is 7.00. The minimum Gasteiger partial charge on any atom is -0.311 e. The number of hydrogen-bond acceptors (Lipinski definition) is 3. The molecule has 2 fully saturated rings. The van der Waals surface area contributed by atoms with E-state index in [1.54, 1.807) is 0 Å². The van der Waals surface area contributed by atoms with E-state index in [9.17, 15) is 0 Å². The molecule has 0 spiro atoms. The van der Waals surface area contributed by atoms with Crippen molar-refractivity contribution in [2.24, 2.45) is 5.92 Å². The summed E-state index contributed by atoms with van der Waals surface area (Å²) in [5.41, 5.74) is 1.46. The van der Waals surface area contributed by atoms with Crippen LogP contribution >= 0.6 is 11.8 Å². The molecule has 2 nitrogen and oxygen atoms in total. The van der Waals surface area contributed by atoms with Gasteiger partial charge in [0.15, 0.2) is 0 Å². The molecule has 3 rings (SSSR count). The number of nitrogens with one attached hydrogen (secondary N) is 1. The summed E-state index contributed by atoms with van der Waals surface area (Å²) in [6.45, 7) is 8.18. The van der Waals surface area contributed by atoms with Crippen molar-refractivity contribution in [2.75, 3.05) is 25.9 Å². The number of rotatable bonds is 5. The monoisotopic (exact) mass is 304 g/mol. The first kappa shape index (κ1) is 15.4. The smallest absolute Gasteiger partial charge is 0.0474 e. The predicted octanol–water partition coefficient (Wildman–Crippen LogP) is 3.55. The van der Waals surface area contributed by atoms with Gasteiger partial charge in [-0.2, -0.15) is 11.8 Å². The summed E-state index contributed by atoms with van der Waals surface area (Å²) >= 11 is 2.08. The average Bonchev–Trinajstić information content (AvgIpc) is 3.28. The van der Waals surface area contributed by atoms with Gasteiger partial charge >= 0.3 is 0 Å². The van der Waals surface area contributed by atoms with Gasteiger partial charge in [0.1, 0.15) is 0 Å². The third kappa shape index (κ3) is 3.46. The lowest BCUT2D eigenvalue weighted by Gasteiger charge is -2.43. The van der Waals surface area contributed by atoms with Gasteiger partial charge in [0, 0.05) is 36.5 Å². The molecule has 1 aromatic carbocycles. The van der Waals surface area contributed by atoms with E-state index >= 15 is 0 Å². The zero-order valence-corrected chi connectivity index (χ0v) is 14.3. The summed E-state index contributed by atoms with van der Waals surface area (Å²) in [5.74, 6) is 0.702. The molecule has 1 heterocycles. The maximum atomic E-state index is 3.77. The molecule has 2 unspecified atom stereocenters. The molecule has 1 saturated carbocycles. The van der Waals surface area contributed by atoms with Crippen molar-refractivity contribution in [1.29, 1.82) is 0 Å². The van der Waals surface area contributed by atoms with Crippen LogP contribution in [0.25, 0.3) is 0 Å². The normalized spacial score (nSPS) is 28.8. The zero-order chi connectivity index (χ0) is 14.9. The molecule has 1 aliphatic heterocycles.